The molecule has 5 heteroatoms. The summed E-state index contributed by atoms with van der Waals surface area (Å²) in [5, 5.41) is 0. The Morgan fingerprint density at radius 2 is 1.88 bits per heavy atom. The first-order chi connectivity index (χ1) is 11.5. The van der Waals surface area contributed by atoms with Crippen LogP contribution >= 0.6 is 0 Å². The fourth-order valence-corrected chi connectivity index (χ4v) is 3.98. The van der Waals surface area contributed by atoms with Crippen LogP contribution in [0.4, 0.5) is 4.39 Å². The Hall–Kier alpha value is -1.46. The molecule has 0 spiro atoms. The van der Waals surface area contributed by atoms with Gasteiger partial charge in [0.05, 0.1) is 6.04 Å². The van der Waals surface area contributed by atoms with E-state index in [4.69, 9.17) is 5.73 Å². The van der Waals surface area contributed by atoms with Gasteiger partial charge in [-0.2, -0.15) is 0 Å². The quantitative estimate of drug-likeness (QED) is 0.920. The molecule has 4 nitrogen and oxygen atoms in total. The van der Waals surface area contributed by atoms with Crippen LogP contribution in [0, 0.1) is 11.7 Å². The van der Waals surface area contributed by atoms with E-state index in [9.17, 15) is 9.18 Å². The maximum atomic E-state index is 13.1. The Morgan fingerprint density at radius 3 is 2.50 bits per heavy atom. The second kappa shape index (κ2) is 7.62. The van der Waals surface area contributed by atoms with Crippen LogP contribution in [0.2, 0.25) is 0 Å². The minimum atomic E-state index is -0.218. The molecule has 1 amide bonds. The summed E-state index contributed by atoms with van der Waals surface area (Å²) in [6.07, 6.45) is 3.99. The number of piperidine rings is 1. The molecule has 1 aromatic rings. The molecule has 0 aliphatic carbocycles. The second-order valence-electron chi connectivity index (χ2n) is 7.28. The Labute approximate surface area is 143 Å². The lowest BCUT2D eigenvalue weighted by atomic mass is 9.90. The standard InChI is InChI=1S/C19H28FN3O/c1-14(21)16-8-11-22(12-9-16)19(24)18-3-2-10-23(18)13-15-4-6-17(20)7-5-15/h4-7,14,16,18H,2-3,8-13,21H2,1H3. The molecule has 2 atom stereocenters. The van der Waals surface area contributed by atoms with Crippen molar-refractivity contribution in [2.24, 2.45) is 11.7 Å². The third-order valence-corrected chi connectivity index (χ3v) is 5.54. The van der Waals surface area contributed by atoms with Crippen LogP contribution in [0.1, 0.15) is 38.2 Å². The number of carbonyl (C=O) groups is 1. The van der Waals surface area contributed by atoms with Gasteiger partial charge in [0.15, 0.2) is 0 Å². The van der Waals surface area contributed by atoms with Crippen LogP contribution in [-0.2, 0) is 11.3 Å². The number of likely N-dealkylation sites (tertiary alicyclic amines) is 2. The highest BCUT2D eigenvalue weighted by Gasteiger charge is 2.35. The van der Waals surface area contributed by atoms with Gasteiger partial charge >= 0.3 is 0 Å². The topological polar surface area (TPSA) is 49.6 Å². The second-order valence-corrected chi connectivity index (χ2v) is 7.28. The van der Waals surface area contributed by atoms with Crippen molar-refractivity contribution in [2.75, 3.05) is 19.6 Å². The minimum Gasteiger partial charge on any atom is -0.341 e. The molecular weight excluding hydrogens is 305 g/mol. The third-order valence-electron chi connectivity index (χ3n) is 5.54. The predicted molar refractivity (Wildman–Crippen MR) is 92.8 cm³/mol. The Kier molecular flexibility index (Phi) is 5.51. The highest BCUT2D eigenvalue weighted by atomic mass is 19.1. The van der Waals surface area contributed by atoms with Crippen LogP contribution < -0.4 is 5.73 Å². The van der Waals surface area contributed by atoms with E-state index in [1.165, 1.54) is 12.1 Å². The average molecular weight is 333 g/mol. The highest BCUT2D eigenvalue weighted by Crippen LogP contribution is 2.25. The van der Waals surface area contributed by atoms with Crippen LogP contribution in [0.3, 0.4) is 0 Å². The molecule has 2 fully saturated rings. The number of benzene rings is 1. The zero-order valence-electron chi connectivity index (χ0n) is 14.5. The summed E-state index contributed by atoms with van der Waals surface area (Å²) in [6, 6.07) is 6.78. The number of carbonyl (C=O) groups excluding carboxylic acids is 1. The van der Waals surface area contributed by atoms with Crippen molar-refractivity contribution in [3.05, 3.63) is 35.6 Å². The summed E-state index contributed by atoms with van der Waals surface area (Å²) in [4.78, 5) is 17.2. The van der Waals surface area contributed by atoms with Crippen LogP contribution in [0.5, 0.6) is 0 Å². The van der Waals surface area contributed by atoms with Crippen molar-refractivity contribution in [1.29, 1.82) is 0 Å². The summed E-state index contributed by atoms with van der Waals surface area (Å²) < 4.78 is 13.1. The molecule has 0 saturated carbocycles. The number of halogens is 1. The van der Waals surface area contributed by atoms with Gasteiger partial charge in [-0.1, -0.05) is 12.1 Å². The normalized spacial score (nSPS) is 24.3. The molecule has 0 radical (unpaired) electrons. The number of nitrogens with two attached hydrogens (primary N) is 1. The van der Waals surface area contributed by atoms with Gasteiger partial charge in [-0.3, -0.25) is 9.69 Å². The minimum absolute atomic E-state index is 0.0260. The van der Waals surface area contributed by atoms with E-state index < -0.39 is 0 Å². The SMILES string of the molecule is CC(N)C1CCN(C(=O)C2CCCN2Cc2ccc(F)cc2)CC1. The Bertz CT molecular complexity index is 552. The summed E-state index contributed by atoms with van der Waals surface area (Å²) in [6.45, 7) is 5.36. The first-order valence-corrected chi connectivity index (χ1v) is 9.07. The lowest BCUT2D eigenvalue weighted by Crippen LogP contribution is -2.49. The molecule has 0 bridgehead atoms. The van der Waals surface area contributed by atoms with E-state index in [2.05, 4.69) is 11.8 Å². The summed E-state index contributed by atoms with van der Waals surface area (Å²) in [5.74, 6) is 0.579. The van der Waals surface area contributed by atoms with E-state index in [0.717, 1.165) is 50.9 Å². The van der Waals surface area contributed by atoms with Gasteiger partial charge in [0, 0.05) is 25.7 Å². The largest absolute Gasteiger partial charge is 0.341 e. The monoisotopic (exact) mass is 333 g/mol. The van der Waals surface area contributed by atoms with Gasteiger partial charge in [-0.15, -0.1) is 0 Å². The van der Waals surface area contributed by atoms with Gasteiger partial charge in [0.1, 0.15) is 5.82 Å². The molecule has 2 aliphatic heterocycles. The number of amides is 1. The van der Waals surface area contributed by atoms with Crippen LogP contribution in [-0.4, -0.2) is 47.4 Å². The number of hydrogen-bond acceptors (Lipinski definition) is 3. The number of nitrogens with zero attached hydrogens (tertiary/aromatic N) is 2. The van der Waals surface area contributed by atoms with Crippen molar-refractivity contribution < 1.29 is 9.18 Å². The molecule has 2 saturated heterocycles. The molecule has 2 aliphatic rings. The molecule has 2 N–H and O–H groups in total. The van der Waals surface area contributed by atoms with Gasteiger partial charge in [-0.25, -0.2) is 4.39 Å². The summed E-state index contributed by atoms with van der Waals surface area (Å²) in [5.41, 5.74) is 7.05. The van der Waals surface area contributed by atoms with Crippen molar-refractivity contribution in [3.8, 4) is 0 Å². The molecule has 2 unspecified atom stereocenters. The van der Waals surface area contributed by atoms with E-state index in [-0.39, 0.29) is 23.8 Å². The van der Waals surface area contributed by atoms with Gasteiger partial charge in [0.2, 0.25) is 5.91 Å². The van der Waals surface area contributed by atoms with E-state index in [0.29, 0.717) is 12.5 Å². The fraction of sp³-hybridized carbons (Fsp3) is 0.632. The average Bonchev–Trinajstić information content (AvgIpc) is 3.04. The smallest absolute Gasteiger partial charge is 0.239 e. The van der Waals surface area contributed by atoms with Crippen molar-refractivity contribution in [2.45, 2.75) is 51.2 Å². The van der Waals surface area contributed by atoms with Gasteiger partial charge in [-0.05, 0) is 62.8 Å². The fourth-order valence-electron chi connectivity index (χ4n) is 3.98. The van der Waals surface area contributed by atoms with Crippen LogP contribution in [0.15, 0.2) is 24.3 Å². The third kappa shape index (κ3) is 3.95. The van der Waals surface area contributed by atoms with Gasteiger partial charge in [0.25, 0.3) is 0 Å². The molecule has 24 heavy (non-hydrogen) atoms. The summed E-state index contributed by atoms with van der Waals surface area (Å²) >= 11 is 0. The molecule has 3 rings (SSSR count). The van der Waals surface area contributed by atoms with Crippen LogP contribution in [0.25, 0.3) is 0 Å². The number of hydrogen-bond donors (Lipinski definition) is 1. The molecule has 2 heterocycles. The Balaban J connectivity index is 1.58. The molecular formula is C19H28FN3O. The first kappa shape index (κ1) is 17.4. The maximum absolute atomic E-state index is 13.1. The lowest BCUT2D eigenvalue weighted by Gasteiger charge is -2.36. The van der Waals surface area contributed by atoms with E-state index >= 15 is 0 Å². The summed E-state index contributed by atoms with van der Waals surface area (Å²) in [7, 11) is 0. The molecule has 0 aromatic heterocycles. The van der Waals surface area contributed by atoms with Gasteiger partial charge < -0.3 is 10.6 Å². The van der Waals surface area contributed by atoms with E-state index in [1.807, 2.05) is 17.0 Å². The molecule has 132 valence electrons. The first-order valence-electron chi connectivity index (χ1n) is 9.07. The zero-order chi connectivity index (χ0) is 17.1. The lowest BCUT2D eigenvalue weighted by molar-refractivity contribution is -0.137. The zero-order valence-corrected chi connectivity index (χ0v) is 14.5. The van der Waals surface area contributed by atoms with Crippen molar-refractivity contribution >= 4 is 5.91 Å². The van der Waals surface area contributed by atoms with Crippen molar-refractivity contribution in [1.82, 2.24) is 9.80 Å². The predicted octanol–water partition coefficient (Wildman–Crippen LogP) is 2.38. The van der Waals surface area contributed by atoms with E-state index in [1.54, 1.807) is 0 Å². The molecule has 1 aromatic carbocycles. The number of rotatable bonds is 4. The maximum Gasteiger partial charge on any atom is 0.239 e. The highest BCUT2D eigenvalue weighted by molar-refractivity contribution is 5.82. The Morgan fingerprint density at radius 1 is 1.21 bits per heavy atom. The van der Waals surface area contributed by atoms with Crippen molar-refractivity contribution in [3.63, 3.8) is 0 Å².